The second-order valence-corrected chi connectivity index (χ2v) is 2.94. The van der Waals surface area contributed by atoms with Crippen molar-refractivity contribution in [3.05, 3.63) is 0 Å². The summed E-state index contributed by atoms with van der Waals surface area (Å²) in [5.41, 5.74) is 0. The minimum atomic E-state index is -0.769. The molecule has 1 N–H and O–H groups in total. The van der Waals surface area contributed by atoms with Crippen molar-refractivity contribution in [1.82, 2.24) is 0 Å². The molecule has 0 aromatic rings. The lowest BCUT2D eigenvalue weighted by Crippen LogP contribution is -2.24. The highest BCUT2D eigenvalue weighted by Gasteiger charge is 2.13. The van der Waals surface area contributed by atoms with E-state index in [1.807, 2.05) is 6.92 Å². The zero-order chi connectivity index (χ0) is 11.0. The Morgan fingerprint density at radius 2 is 2.14 bits per heavy atom. The number of methoxy groups -OCH3 is 1. The molecule has 0 aromatic heterocycles. The molecule has 0 aliphatic carbocycles. The van der Waals surface area contributed by atoms with Gasteiger partial charge in [-0.2, -0.15) is 0 Å². The first-order chi connectivity index (χ1) is 6.63. The van der Waals surface area contributed by atoms with Crippen LogP contribution in [0.15, 0.2) is 0 Å². The summed E-state index contributed by atoms with van der Waals surface area (Å²) < 4.78 is 14.4. The molecule has 5 heteroatoms. The molecule has 2 unspecified atom stereocenters. The molecular weight excluding hydrogens is 188 g/mol. The molecule has 5 nitrogen and oxygen atoms in total. The fourth-order valence-corrected chi connectivity index (χ4v) is 0.673. The first-order valence-corrected chi connectivity index (χ1v) is 4.61. The molecule has 0 aliphatic rings. The number of ether oxygens (including phenoxy) is 3. The van der Waals surface area contributed by atoms with Gasteiger partial charge in [0.05, 0.1) is 12.7 Å². The highest BCUT2D eigenvalue weighted by molar-refractivity contribution is 5.60. The van der Waals surface area contributed by atoms with Crippen LogP contribution in [-0.4, -0.2) is 43.8 Å². The summed E-state index contributed by atoms with van der Waals surface area (Å²) in [5.74, 6) is 0. The van der Waals surface area contributed by atoms with Gasteiger partial charge in [0.2, 0.25) is 0 Å². The molecule has 0 saturated carbocycles. The second-order valence-electron chi connectivity index (χ2n) is 2.94. The van der Waals surface area contributed by atoms with Crippen LogP contribution >= 0.6 is 0 Å². The zero-order valence-corrected chi connectivity index (χ0v) is 8.86. The van der Waals surface area contributed by atoms with E-state index in [-0.39, 0.29) is 19.3 Å². The number of carbonyl (C=O) groups is 1. The summed E-state index contributed by atoms with van der Waals surface area (Å²) in [4.78, 5) is 11.0. The molecule has 0 aliphatic heterocycles. The predicted molar refractivity (Wildman–Crippen MR) is 50.1 cm³/mol. The Labute approximate surface area is 84.0 Å². The normalized spacial score (nSPS) is 14.6. The van der Waals surface area contributed by atoms with Crippen molar-refractivity contribution in [2.24, 2.45) is 0 Å². The SMILES string of the molecule is CCC(CO)OC(=O)OCC(C)OC. The third kappa shape index (κ3) is 5.77. The van der Waals surface area contributed by atoms with Gasteiger partial charge in [-0.15, -0.1) is 0 Å². The maximum absolute atomic E-state index is 11.0. The zero-order valence-electron chi connectivity index (χ0n) is 8.86. The number of rotatable bonds is 6. The molecule has 84 valence electrons. The molecule has 0 fully saturated rings. The van der Waals surface area contributed by atoms with E-state index in [4.69, 9.17) is 19.3 Å². The molecule has 0 saturated heterocycles. The van der Waals surface area contributed by atoms with Gasteiger partial charge in [-0.25, -0.2) is 4.79 Å². The Hall–Kier alpha value is -0.810. The monoisotopic (exact) mass is 206 g/mol. The summed E-state index contributed by atoms with van der Waals surface area (Å²) in [6.07, 6.45) is -0.849. The van der Waals surface area contributed by atoms with E-state index in [0.717, 1.165) is 0 Å². The highest BCUT2D eigenvalue weighted by atomic mass is 16.7. The van der Waals surface area contributed by atoms with Gasteiger partial charge in [0, 0.05) is 7.11 Å². The van der Waals surface area contributed by atoms with Crippen molar-refractivity contribution < 1.29 is 24.1 Å². The van der Waals surface area contributed by atoms with Gasteiger partial charge >= 0.3 is 6.16 Å². The molecule has 0 aromatic carbocycles. The molecular formula is C9H18O5. The van der Waals surface area contributed by atoms with Crippen molar-refractivity contribution in [2.45, 2.75) is 32.5 Å². The summed E-state index contributed by atoms with van der Waals surface area (Å²) >= 11 is 0. The quantitative estimate of drug-likeness (QED) is 0.655. The molecule has 0 spiro atoms. The van der Waals surface area contributed by atoms with E-state index in [1.54, 1.807) is 6.92 Å². The average Bonchev–Trinajstić information content (AvgIpc) is 2.22. The van der Waals surface area contributed by atoms with Crippen LogP contribution in [-0.2, 0) is 14.2 Å². The number of aliphatic hydroxyl groups is 1. The topological polar surface area (TPSA) is 65.0 Å². The summed E-state index contributed by atoms with van der Waals surface area (Å²) in [6, 6.07) is 0. The van der Waals surface area contributed by atoms with Gasteiger partial charge in [-0.3, -0.25) is 0 Å². The van der Waals surface area contributed by atoms with Crippen LogP contribution in [0, 0.1) is 0 Å². The van der Waals surface area contributed by atoms with E-state index in [2.05, 4.69) is 0 Å². The van der Waals surface area contributed by atoms with Gasteiger partial charge in [0.1, 0.15) is 12.7 Å². The standard InChI is InChI=1S/C9H18O5/c1-4-8(5-10)14-9(11)13-6-7(2)12-3/h7-8,10H,4-6H2,1-3H3. The lowest BCUT2D eigenvalue weighted by atomic mass is 10.3. The summed E-state index contributed by atoms with van der Waals surface area (Å²) in [7, 11) is 1.53. The van der Waals surface area contributed by atoms with Crippen molar-refractivity contribution in [3.63, 3.8) is 0 Å². The lowest BCUT2D eigenvalue weighted by Gasteiger charge is -2.14. The van der Waals surface area contributed by atoms with Crippen LogP contribution in [0.5, 0.6) is 0 Å². The maximum Gasteiger partial charge on any atom is 0.508 e. The van der Waals surface area contributed by atoms with Crippen molar-refractivity contribution in [2.75, 3.05) is 20.3 Å². The molecule has 14 heavy (non-hydrogen) atoms. The van der Waals surface area contributed by atoms with Gasteiger partial charge < -0.3 is 19.3 Å². The van der Waals surface area contributed by atoms with Gasteiger partial charge in [0.25, 0.3) is 0 Å². The number of hydrogen-bond acceptors (Lipinski definition) is 5. The van der Waals surface area contributed by atoms with Crippen LogP contribution in [0.2, 0.25) is 0 Å². The predicted octanol–water partition coefficient (Wildman–Crippen LogP) is 0.945. The van der Waals surface area contributed by atoms with Crippen molar-refractivity contribution in [3.8, 4) is 0 Å². The fraction of sp³-hybridized carbons (Fsp3) is 0.889. The molecule has 0 heterocycles. The third-order valence-corrected chi connectivity index (χ3v) is 1.76. The van der Waals surface area contributed by atoms with Crippen LogP contribution < -0.4 is 0 Å². The summed E-state index contributed by atoms with van der Waals surface area (Å²) in [6.45, 7) is 3.55. The lowest BCUT2D eigenvalue weighted by molar-refractivity contribution is -0.0209. The molecule has 0 bridgehead atoms. The molecule has 2 atom stereocenters. The Morgan fingerprint density at radius 3 is 2.57 bits per heavy atom. The van der Waals surface area contributed by atoms with E-state index < -0.39 is 12.3 Å². The van der Waals surface area contributed by atoms with Crippen LogP contribution in [0.3, 0.4) is 0 Å². The minimum absolute atomic E-state index is 0.150. The fourth-order valence-electron chi connectivity index (χ4n) is 0.673. The van der Waals surface area contributed by atoms with Gasteiger partial charge in [0.15, 0.2) is 0 Å². The first-order valence-electron chi connectivity index (χ1n) is 4.61. The van der Waals surface area contributed by atoms with Crippen LogP contribution in [0.1, 0.15) is 20.3 Å². The Morgan fingerprint density at radius 1 is 1.50 bits per heavy atom. The molecule has 0 radical (unpaired) electrons. The van der Waals surface area contributed by atoms with Crippen LogP contribution in [0.4, 0.5) is 4.79 Å². The highest BCUT2D eigenvalue weighted by Crippen LogP contribution is 2.00. The smallest absolute Gasteiger partial charge is 0.432 e. The van der Waals surface area contributed by atoms with E-state index >= 15 is 0 Å². The molecule has 0 amide bonds. The van der Waals surface area contributed by atoms with E-state index in [0.29, 0.717) is 6.42 Å². The van der Waals surface area contributed by atoms with Crippen LogP contribution in [0.25, 0.3) is 0 Å². The van der Waals surface area contributed by atoms with E-state index in [1.165, 1.54) is 7.11 Å². The third-order valence-electron chi connectivity index (χ3n) is 1.76. The molecule has 0 rings (SSSR count). The number of carbonyl (C=O) groups excluding carboxylic acids is 1. The van der Waals surface area contributed by atoms with Crippen molar-refractivity contribution in [1.29, 1.82) is 0 Å². The average molecular weight is 206 g/mol. The largest absolute Gasteiger partial charge is 0.508 e. The Kier molecular flexibility index (Phi) is 7.14. The maximum atomic E-state index is 11.0. The van der Waals surface area contributed by atoms with Gasteiger partial charge in [-0.1, -0.05) is 6.92 Å². The summed E-state index contributed by atoms with van der Waals surface area (Å²) in [5, 5.41) is 8.74. The Balaban J connectivity index is 3.64. The minimum Gasteiger partial charge on any atom is -0.432 e. The second kappa shape index (κ2) is 7.58. The number of hydrogen-bond donors (Lipinski definition) is 1. The number of aliphatic hydroxyl groups excluding tert-OH is 1. The Bertz CT molecular complexity index is 155. The first kappa shape index (κ1) is 13.2. The van der Waals surface area contributed by atoms with Crippen molar-refractivity contribution >= 4 is 6.16 Å². The van der Waals surface area contributed by atoms with Gasteiger partial charge in [-0.05, 0) is 13.3 Å². The van der Waals surface area contributed by atoms with E-state index in [9.17, 15) is 4.79 Å².